The molecule has 0 saturated heterocycles. The third-order valence-corrected chi connectivity index (χ3v) is 0. The molecule has 0 spiro atoms. The quantitative estimate of drug-likeness (QED) is 0.216. The molecule has 0 fully saturated rings. The van der Waals surface area contributed by atoms with Crippen molar-refractivity contribution in [2.75, 3.05) is 0 Å². The fraction of sp³-hybridized carbons (Fsp3) is 0. The van der Waals surface area contributed by atoms with Gasteiger partial charge < -0.3 is 12.4 Å². The van der Waals surface area contributed by atoms with Gasteiger partial charge in [-0.1, -0.05) is 0 Å². The third-order valence-electron chi connectivity index (χ3n) is 0. The summed E-state index contributed by atoms with van der Waals surface area (Å²) in [6.45, 7) is 0. The molecule has 0 nitrogen and oxygen atoms in total. The molecule has 0 rings (SSSR count). The van der Waals surface area contributed by atoms with Gasteiger partial charge in [-0.3, -0.25) is 0 Å². The Balaban J connectivity index is -0.00000000500. The van der Waals surface area contributed by atoms with Crippen molar-refractivity contribution in [3.63, 3.8) is 0 Å². The zero-order chi connectivity index (χ0) is 2.00. The van der Waals surface area contributed by atoms with Crippen LogP contribution < -0.4 is 12.4 Å². The van der Waals surface area contributed by atoms with Gasteiger partial charge in [0, 0.05) is 0 Å². The molecule has 0 aromatic heterocycles. The molecule has 0 bridgehead atoms. The summed E-state index contributed by atoms with van der Waals surface area (Å²) in [5.41, 5.74) is 0. The van der Waals surface area contributed by atoms with Gasteiger partial charge >= 0.3 is 23.1 Å². The zero-order valence-electron chi connectivity index (χ0n) is 2.24. The minimum Gasteiger partial charge on any atom is -1.00 e. The van der Waals surface area contributed by atoms with Crippen LogP contribution in [0.1, 0.15) is 0 Å². The van der Waals surface area contributed by atoms with Gasteiger partial charge in [0.25, 0.3) is 0 Å². The minimum atomic E-state index is 0. The van der Waals surface area contributed by atoms with E-state index in [1.165, 1.54) is 0 Å². The first-order chi connectivity index (χ1) is 1.00. The SMILES string of the molecule is C#C.[Cl-].[Mg+2]. The van der Waals surface area contributed by atoms with Crippen LogP contribution in [0.4, 0.5) is 0 Å². The summed E-state index contributed by atoms with van der Waals surface area (Å²) in [5.74, 6) is 0. The minimum absolute atomic E-state index is 0. The molecule has 0 saturated carbocycles. The van der Waals surface area contributed by atoms with Gasteiger partial charge in [-0.05, 0) is 0 Å². The van der Waals surface area contributed by atoms with Gasteiger partial charge in [0.2, 0.25) is 0 Å². The predicted molar refractivity (Wildman–Crippen MR) is 15.6 cm³/mol. The molecule has 0 N–H and O–H groups in total. The first kappa shape index (κ1) is 23.1. The van der Waals surface area contributed by atoms with Crippen molar-refractivity contribution in [2.45, 2.75) is 0 Å². The van der Waals surface area contributed by atoms with Crippen molar-refractivity contribution < 1.29 is 12.4 Å². The van der Waals surface area contributed by atoms with Crippen molar-refractivity contribution >= 4 is 23.1 Å². The molecule has 18 valence electrons. The molecule has 0 unspecified atom stereocenters. The number of hydrogen-bond donors (Lipinski definition) is 0. The predicted octanol–water partition coefficient (Wildman–Crippen LogP) is -3.13. The van der Waals surface area contributed by atoms with Crippen LogP contribution in [-0.4, -0.2) is 23.1 Å². The third kappa shape index (κ3) is 18.0. The van der Waals surface area contributed by atoms with E-state index >= 15 is 0 Å². The molecule has 4 heavy (non-hydrogen) atoms. The fourth-order valence-corrected chi connectivity index (χ4v) is 0. The van der Waals surface area contributed by atoms with Gasteiger partial charge in [0.05, 0.1) is 0 Å². The molecule has 0 heterocycles. The van der Waals surface area contributed by atoms with E-state index in [-0.39, 0.29) is 35.5 Å². The van der Waals surface area contributed by atoms with E-state index in [2.05, 4.69) is 12.8 Å². The summed E-state index contributed by atoms with van der Waals surface area (Å²) < 4.78 is 0. The Morgan fingerprint density at radius 1 is 1.00 bits per heavy atom. The van der Waals surface area contributed by atoms with E-state index < -0.39 is 0 Å². The van der Waals surface area contributed by atoms with Gasteiger partial charge in [-0.15, -0.1) is 12.8 Å². The molecule has 0 aliphatic carbocycles. The first-order valence-electron chi connectivity index (χ1n) is 0.333. The summed E-state index contributed by atoms with van der Waals surface area (Å²) in [7, 11) is 0. The first-order valence-corrected chi connectivity index (χ1v) is 0.333. The largest absolute Gasteiger partial charge is 2.00 e. The molecule has 0 radical (unpaired) electrons. The van der Waals surface area contributed by atoms with E-state index in [1.54, 1.807) is 0 Å². The summed E-state index contributed by atoms with van der Waals surface area (Å²) >= 11 is 0. The Labute approximate surface area is 48.5 Å². The second kappa shape index (κ2) is 65.2. The van der Waals surface area contributed by atoms with E-state index in [0.29, 0.717) is 0 Å². The molecule has 0 aromatic carbocycles. The number of terminal acetylenes is 1. The van der Waals surface area contributed by atoms with Crippen LogP contribution in [0.15, 0.2) is 0 Å². The second-order valence-corrected chi connectivity index (χ2v) is 0. The second-order valence-electron chi connectivity index (χ2n) is 0. The summed E-state index contributed by atoms with van der Waals surface area (Å²) in [5, 5.41) is 0. The monoisotopic (exact) mass is 85.0 g/mol. The summed E-state index contributed by atoms with van der Waals surface area (Å²) in [6.07, 6.45) is 8.00. The Hall–Kier alpha value is 0.616. The Morgan fingerprint density at radius 3 is 1.00 bits per heavy atom. The zero-order valence-corrected chi connectivity index (χ0v) is 4.41. The normalized spacial score (nSPS) is 0.500. The number of hydrogen-bond acceptors (Lipinski definition) is 0. The van der Waals surface area contributed by atoms with Crippen LogP contribution in [0.25, 0.3) is 0 Å². The van der Waals surface area contributed by atoms with E-state index in [9.17, 15) is 0 Å². The van der Waals surface area contributed by atoms with E-state index in [1.807, 2.05) is 0 Å². The van der Waals surface area contributed by atoms with Gasteiger partial charge in [0.15, 0.2) is 0 Å². The molecule has 0 atom stereocenters. The molecular weight excluding hydrogens is 83.8 g/mol. The van der Waals surface area contributed by atoms with Crippen LogP contribution in [0.5, 0.6) is 0 Å². The van der Waals surface area contributed by atoms with Gasteiger partial charge in [0.1, 0.15) is 0 Å². The molecule has 2 heteroatoms. The average molecular weight is 85.8 g/mol. The standard InChI is InChI=1S/C2H2.ClH.Mg/c1-2;;/h1-2H;1H;/q;;+2/p-1. The summed E-state index contributed by atoms with van der Waals surface area (Å²) in [6, 6.07) is 0. The van der Waals surface area contributed by atoms with Crippen LogP contribution in [-0.2, 0) is 0 Å². The molecule has 0 aliphatic heterocycles. The van der Waals surface area contributed by atoms with E-state index in [4.69, 9.17) is 0 Å². The molecule has 0 aromatic rings. The smallest absolute Gasteiger partial charge is 1.00 e. The molecule has 0 amide bonds. The Bertz CT molecular complexity index is 10.8. The van der Waals surface area contributed by atoms with Gasteiger partial charge in [-0.2, -0.15) is 0 Å². The average Bonchev–Trinajstić information content (AvgIpc) is 1.00. The van der Waals surface area contributed by atoms with Crippen molar-refractivity contribution in [1.29, 1.82) is 0 Å². The van der Waals surface area contributed by atoms with Crippen molar-refractivity contribution in [1.82, 2.24) is 0 Å². The van der Waals surface area contributed by atoms with Crippen molar-refractivity contribution in [2.24, 2.45) is 0 Å². The molecular formula is C2H2ClMg+. The fourth-order valence-electron chi connectivity index (χ4n) is 0. The van der Waals surface area contributed by atoms with E-state index in [0.717, 1.165) is 0 Å². The number of halogens is 1. The summed E-state index contributed by atoms with van der Waals surface area (Å²) in [4.78, 5) is 0. The topological polar surface area (TPSA) is 0 Å². The maximum Gasteiger partial charge on any atom is 2.00 e. The number of rotatable bonds is 0. The van der Waals surface area contributed by atoms with Crippen molar-refractivity contribution in [3.8, 4) is 12.8 Å². The Kier molecular flexibility index (Phi) is 377. The Morgan fingerprint density at radius 2 is 1.00 bits per heavy atom. The van der Waals surface area contributed by atoms with Crippen LogP contribution in [0, 0.1) is 12.8 Å². The van der Waals surface area contributed by atoms with Crippen LogP contribution >= 0.6 is 0 Å². The van der Waals surface area contributed by atoms with Crippen LogP contribution in [0.3, 0.4) is 0 Å². The van der Waals surface area contributed by atoms with Crippen molar-refractivity contribution in [3.05, 3.63) is 0 Å². The van der Waals surface area contributed by atoms with Gasteiger partial charge in [-0.25, -0.2) is 0 Å². The molecule has 0 aliphatic rings. The maximum absolute atomic E-state index is 4.00. The van der Waals surface area contributed by atoms with Crippen LogP contribution in [0.2, 0.25) is 0 Å². The maximum atomic E-state index is 4.00.